The fourth-order valence-corrected chi connectivity index (χ4v) is 2.26. The summed E-state index contributed by atoms with van der Waals surface area (Å²) in [6.07, 6.45) is 1.72. The van der Waals surface area contributed by atoms with Gasteiger partial charge in [0.2, 0.25) is 5.91 Å². The van der Waals surface area contributed by atoms with Gasteiger partial charge in [-0.1, -0.05) is 16.9 Å². The predicted octanol–water partition coefficient (Wildman–Crippen LogP) is 1.31. The average molecular weight is 200 g/mol. The van der Waals surface area contributed by atoms with E-state index in [4.69, 9.17) is 5.73 Å². The molecule has 0 spiro atoms. The van der Waals surface area contributed by atoms with Gasteiger partial charge in [-0.3, -0.25) is 4.79 Å². The summed E-state index contributed by atoms with van der Waals surface area (Å²) >= 11 is 0. The summed E-state index contributed by atoms with van der Waals surface area (Å²) in [5.41, 5.74) is 4.96. The molecule has 0 unspecified atom stereocenters. The summed E-state index contributed by atoms with van der Waals surface area (Å²) in [7, 11) is 2.85. The van der Waals surface area contributed by atoms with Crippen LogP contribution in [0.1, 0.15) is 0 Å². The summed E-state index contributed by atoms with van der Waals surface area (Å²) in [5, 5.41) is 0.892. The number of carbonyl (C=O) groups excluding carboxylic acids is 1. The van der Waals surface area contributed by atoms with Crippen LogP contribution in [0.2, 0.25) is 0 Å². The zero-order valence-electron chi connectivity index (χ0n) is 6.27. The van der Waals surface area contributed by atoms with E-state index < -0.39 is 0 Å². The molecule has 0 atom stereocenters. The van der Waals surface area contributed by atoms with Crippen LogP contribution >= 0.6 is 21.6 Å². The molecule has 5 heteroatoms. The molecule has 3 nitrogen and oxygen atoms in total. The Morgan fingerprint density at radius 3 is 3.00 bits per heavy atom. The smallest absolute Gasteiger partial charge is 0.228 e. The number of hydrogen-bond acceptors (Lipinski definition) is 4. The van der Waals surface area contributed by atoms with Crippen LogP contribution in [-0.2, 0) is 4.79 Å². The highest BCUT2D eigenvalue weighted by molar-refractivity contribution is 8.76. The van der Waals surface area contributed by atoms with Gasteiger partial charge < -0.3 is 5.73 Å². The highest BCUT2D eigenvalue weighted by atomic mass is 33.1. The Balaban J connectivity index is 2.29. The fraction of sp³-hybridized carbons (Fsp3) is 0.143. The monoisotopic (exact) mass is 200 g/mol. The predicted molar refractivity (Wildman–Crippen MR) is 51.7 cm³/mol. The number of primary amides is 1. The fourth-order valence-electron chi connectivity index (χ4n) is 0.544. The van der Waals surface area contributed by atoms with Crippen molar-refractivity contribution >= 4 is 27.5 Å². The molecular weight excluding hydrogens is 192 g/mol. The van der Waals surface area contributed by atoms with Gasteiger partial charge in [0.25, 0.3) is 0 Å². The van der Waals surface area contributed by atoms with Crippen LogP contribution in [0, 0.1) is 0 Å². The van der Waals surface area contributed by atoms with Crippen molar-refractivity contribution in [3.05, 3.63) is 24.4 Å². The van der Waals surface area contributed by atoms with Crippen LogP contribution in [0.3, 0.4) is 0 Å². The number of pyridine rings is 1. The normalized spacial score (nSPS) is 9.67. The summed E-state index contributed by atoms with van der Waals surface area (Å²) < 4.78 is 0. The van der Waals surface area contributed by atoms with E-state index in [0.29, 0.717) is 5.75 Å². The summed E-state index contributed by atoms with van der Waals surface area (Å²) in [6, 6.07) is 5.64. The number of nitrogens with zero attached hydrogens (tertiary/aromatic N) is 1. The molecule has 0 radical (unpaired) electrons. The number of hydrogen-bond donors (Lipinski definition) is 1. The highest BCUT2D eigenvalue weighted by Gasteiger charge is 1.97. The third-order valence-electron chi connectivity index (χ3n) is 0.983. The Labute approximate surface area is 78.5 Å². The summed E-state index contributed by atoms with van der Waals surface area (Å²) in [5.74, 6) is 0.0183. The second-order valence-electron chi connectivity index (χ2n) is 1.98. The van der Waals surface area contributed by atoms with E-state index in [2.05, 4.69) is 4.98 Å². The van der Waals surface area contributed by atoms with Gasteiger partial charge in [-0.25, -0.2) is 4.98 Å². The SMILES string of the molecule is NC(=O)CSSc1ccccn1. The van der Waals surface area contributed by atoms with Crippen molar-refractivity contribution in [3.63, 3.8) is 0 Å². The van der Waals surface area contributed by atoms with Gasteiger partial charge in [0.15, 0.2) is 0 Å². The van der Waals surface area contributed by atoms with Crippen molar-refractivity contribution in [1.82, 2.24) is 4.98 Å². The Kier molecular flexibility index (Phi) is 3.96. The molecule has 1 amide bonds. The van der Waals surface area contributed by atoms with E-state index in [1.807, 2.05) is 18.2 Å². The second-order valence-corrected chi connectivity index (χ2v) is 4.30. The van der Waals surface area contributed by atoms with Gasteiger partial charge in [-0.15, -0.1) is 0 Å². The lowest BCUT2D eigenvalue weighted by Crippen LogP contribution is -2.12. The molecule has 0 saturated heterocycles. The molecule has 0 aliphatic carbocycles. The first-order valence-electron chi connectivity index (χ1n) is 3.28. The van der Waals surface area contributed by atoms with Crippen molar-refractivity contribution in [2.24, 2.45) is 5.73 Å². The van der Waals surface area contributed by atoms with E-state index in [0.717, 1.165) is 5.03 Å². The Morgan fingerprint density at radius 2 is 2.42 bits per heavy atom. The Bertz CT molecular complexity index is 253. The molecule has 64 valence electrons. The topological polar surface area (TPSA) is 56.0 Å². The van der Waals surface area contributed by atoms with Gasteiger partial charge in [0.05, 0.1) is 5.75 Å². The van der Waals surface area contributed by atoms with E-state index in [-0.39, 0.29) is 5.91 Å². The van der Waals surface area contributed by atoms with Crippen LogP contribution in [-0.4, -0.2) is 16.6 Å². The maximum atomic E-state index is 10.4. The van der Waals surface area contributed by atoms with Crippen LogP contribution in [0.5, 0.6) is 0 Å². The first-order valence-corrected chi connectivity index (χ1v) is 5.60. The molecule has 1 aromatic rings. The van der Waals surface area contributed by atoms with Gasteiger partial charge in [-0.05, 0) is 22.9 Å². The minimum Gasteiger partial charge on any atom is -0.369 e. The highest BCUT2D eigenvalue weighted by Crippen LogP contribution is 2.28. The Hall–Kier alpha value is -0.680. The first-order chi connectivity index (χ1) is 5.79. The maximum absolute atomic E-state index is 10.4. The maximum Gasteiger partial charge on any atom is 0.228 e. The molecule has 0 saturated carbocycles. The van der Waals surface area contributed by atoms with Crippen LogP contribution in [0.4, 0.5) is 0 Å². The minimum absolute atomic E-state index is 0.302. The van der Waals surface area contributed by atoms with Gasteiger partial charge >= 0.3 is 0 Å². The van der Waals surface area contributed by atoms with E-state index >= 15 is 0 Å². The van der Waals surface area contributed by atoms with Crippen LogP contribution in [0.25, 0.3) is 0 Å². The molecule has 0 bridgehead atoms. The van der Waals surface area contributed by atoms with E-state index in [1.54, 1.807) is 6.20 Å². The van der Waals surface area contributed by atoms with Gasteiger partial charge in [0, 0.05) is 6.20 Å². The largest absolute Gasteiger partial charge is 0.369 e. The van der Waals surface area contributed by atoms with E-state index in [9.17, 15) is 4.79 Å². The quantitative estimate of drug-likeness (QED) is 0.744. The van der Waals surface area contributed by atoms with Crippen molar-refractivity contribution in [3.8, 4) is 0 Å². The number of nitrogens with two attached hydrogens (primary N) is 1. The lowest BCUT2D eigenvalue weighted by molar-refractivity contribution is -0.115. The third-order valence-corrected chi connectivity index (χ3v) is 3.14. The van der Waals surface area contributed by atoms with Gasteiger partial charge in [-0.2, -0.15) is 0 Å². The number of aromatic nitrogens is 1. The molecule has 2 N–H and O–H groups in total. The first kappa shape index (κ1) is 9.41. The molecule has 1 aromatic heterocycles. The van der Waals surface area contributed by atoms with Crippen molar-refractivity contribution in [2.75, 3.05) is 5.75 Å². The summed E-state index contributed by atoms with van der Waals surface area (Å²) in [4.78, 5) is 14.4. The molecule has 0 aliphatic rings. The van der Waals surface area contributed by atoms with Gasteiger partial charge in [0.1, 0.15) is 5.03 Å². The minimum atomic E-state index is -0.302. The number of rotatable bonds is 4. The molecule has 12 heavy (non-hydrogen) atoms. The molecular formula is C7H8N2OS2. The van der Waals surface area contributed by atoms with E-state index in [1.165, 1.54) is 21.6 Å². The third kappa shape index (κ3) is 3.64. The molecule has 1 heterocycles. The lowest BCUT2D eigenvalue weighted by Gasteiger charge is -1.95. The average Bonchev–Trinajstić information content (AvgIpc) is 2.05. The van der Waals surface area contributed by atoms with Crippen molar-refractivity contribution in [2.45, 2.75) is 5.03 Å². The number of carbonyl (C=O) groups is 1. The Morgan fingerprint density at radius 1 is 1.58 bits per heavy atom. The van der Waals surface area contributed by atoms with Crippen LogP contribution < -0.4 is 5.73 Å². The number of amides is 1. The standard InChI is InChI=1S/C7H8N2OS2/c8-6(10)5-11-12-7-3-1-2-4-9-7/h1-4H,5H2,(H2,8,10). The second kappa shape index (κ2) is 5.05. The lowest BCUT2D eigenvalue weighted by atomic mass is 10.5. The molecule has 0 fully saturated rings. The molecule has 0 aromatic carbocycles. The zero-order valence-corrected chi connectivity index (χ0v) is 7.90. The zero-order chi connectivity index (χ0) is 8.81. The molecule has 1 rings (SSSR count). The van der Waals surface area contributed by atoms with Crippen molar-refractivity contribution in [1.29, 1.82) is 0 Å². The molecule has 0 aliphatic heterocycles. The van der Waals surface area contributed by atoms with Crippen molar-refractivity contribution < 1.29 is 4.79 Å². The summed E-state index contributed by atoms with van der Waals surface area (Å²) in [6.45, 7) is 0. The van der Waals surface area contributed by atoms with Crippen LogP contribution in [0.15, 0.2) is 29.4 Å².